The Morgan fingerprint density at radius 2 is 1.88 bits per heavy atom. The predicted molar refractivity (Wildman–Crippen MR) is 93.1 cm³/mol. The smallest absolute Gasteiger partial charge is 0.227 e. The molecule has 1 saturated carbocycles. The molecule has 1 heterocycles. The molecule has 1 N–H and O–H groups in total. The summed E-state index contributed by atoms with van der Waals surface area (Å²) < 4.78 is 5.62. The van der Waals surface area contributed by atoms with Gasteiger partial charge in [-0.3, -0.25) is 9.59 Å². The van der Waals surface area contributed by atoms with Gasteiger partial charge in [-0.25, -0.2) is 0 Å². The second-order valence-corrected chi connectivity index (χ2v) is 7.06. The van der Waals surface area contributed by atoms with E-state index in [0.29, 0.717) is 19.0 Å². The minimum absolute atomic E-state index is 0.0131. The lowest BCUT2D eigenvalue weighted by atomic mass is 10.1. The van der Waals surface area contributed by atoms with Gasteiger partial charge in [0, 0.05) is 24.7 Å². The van der Waals surface area contributed by atoms with Crippen molar-refractivity contribution in [2.75, 3.05) is 11.4 Å². The Balaban J connectivity index is 1.60. The topological polar surface area (TPSA) is 58.6 Å². The first kappa shape index (κ1) is 16.8. The molecular weight excluding hydrogens is 304 g/mol. The molecular formula is C19H26N2O3. The second-order valence-electron chi connectivity index (χ2n) is 7.06. The van der Waals surface area contributed by atoms with Gasteiger partial charge < -0.3 is 15.0 Å². The van der Waals surface area contributed by atoms with E-state index in [9.17, 15) is 9.59 Å². The number of nitrogens with one attached hydrogen (secondary N) is 1. The number of amides is 2. The maximum atomic E-state index is 12.4. The molecule has 1 aliphatic carbocycles. The highest BCUT2D eigenvalue weighted by molar-refractivity contribution is 6.00. The maximum absolute atomic E-state index is 12.4. The third-order valence-corrected chi connectivity index (χ3v) is 4.72. The highest BCUT2D eigenvalue weighted by atomic mass is 16.5. The van der Waals surface area contributed by atoms with Gasteiger partial charge in [-0.1, -0.05) is 12.8 Å². The van der Waals surface area contributed by atoms with Crippen molar-refractivity contribution in [3.63, 3.8) is 0 Å². The molecule has 5 nitrogen and oxygen atoms in total. The SMILES string of the molecule is CC(C)Oc1ccc(N2C[C@@H](C(=O)NC3CCCC3)CC2=O)cc1. The van der Waals surface area contributed by atoms with Crippen LogP contribution < -0.4 is 15.0 Å². The summed E-state index contributed by atoms with van der Waals surface area (Å²) in [5.74, 6) is 0.581. The summed E-state index contributed by atoms with van der Waals surface area (Å²) in [6.45, 7) is 4.42. The molecule has 0 bridgehead atoms. The van der Waals surface area contributed by atoms with Crippen molar-refractivity contribution in [3.05, 3.63) is 24.3 Å². The monoisotopic (exact) mass is 330 g/mol. The Morgan fingerprint density at radius 3 is 2.50 bits per heavy atom. The van der Waals surface area contributed by atoms with E-state index in [1.165, 1.54) is 12.8 Å². The van der Waals surface area contributed by atoms with Crippen LogP contribution in [0.4, 0.5) is 5.69 Å². The van der Waals surface area contributed by atoms with Crippen LogP contribution in [0.15, 0.2) is 24.3 Å². The summed E-state index contributed by atoms with van der Waals surface area (Å²) in [7, 11) is 0. The molecule has 0 aromatic heterocycles. The van der Waals surface area contributed by atoms with Crippen LogP contribution in [0.5, 0.6) is 5.75 Å². The number of benzene rings is 1. The molecule has 1 saturated heterocycles. The fourth-order valence-electron chi connectivity index (χ4n) is 3.50. The van der Waals surface area contributed by atoms with Gasteiger partial charge in [0.15, 0.2) is 0 Å². The van der Waals surface area contributed by atoms with Gasteiger partial charge in [0.05, 0.1) is 12.0 Å². The molecule has 3 rings (SSSR count). The fraction of sp³-hybridized carbons (Fsp3) is 0.579. The van der Waals surface area contributed by atoms with Crippen molar-refractivity contribution in [2.24, 2.45) is 5.92 Å². The zero-order valence-corrected chi connectivity index (χ0v) is 14.5. The largest absolute Gasteiger partial charge is 0.491 e. The molecule has 1 aliphatic heterocycles. The van der Waals surface area contributed by atoms with Gasteiger partial charge in [-0.2, -0.15) is 0 Å². The number of anilines is 1. The van der Waals surface area contributed by atoms with Gasteiger partial charge in [-0.15, -0.1) is 0 Å². The zero-order chi connectivity index (χ0) is 17.1. The average Bonchev–Trinajstić information content (AvgIpc) is 3.17. The standard InChI is InChI=1S/C19H26N2O3/c1-13(2)24-17-9-7-16(8-10-17)21-12-14(11-18(21)22)19(23)20-15-5-3-4-6-15/h7-10,13-15H,3-6,11-12H2,1-2H3,(H,20,23)/t14-/m0/s1. The van der Waals surface area contributed by atoms with Crippen molar-refractivity contribution in [3.8, 4) is 5.75 Å². The number of hydrogen-bond donors (Lipinski definition) is 1. The molecule has 0 unspecified atom stereocenters. The van der Waals surface area contributed by atoms with Crippen LogP contribution in [0.25, 0.3) is 0 Å². The van der Waals surface area contributed by atoms with Crippen LogP contribution >= 0.6 is 0 Å². The van der Waals surface area contributed by atoms with Gasteiger partial charge in [0.2, 0.25) is 11.8 Å². The Hall–Kier alpha value is -2.04. The van der Waals surface area contributed by atoms with Crippen LogP contribution in [0, 0.1) is 5.92 Å². The molecule has 1 aromatic carbocycles. The number of ether oxygens (including phenoxy) is 1. The van der Waals surface area contributed by atoms with Gasteiger partial charge in [-0.05, 0) is 51.0 Å². The number of hydrogen-bond acceptors (Lipinski definition) is 3. The van der Waals surface area contributed by atoms with E-state index >= 15 is 0 Å². The van der Waals surface area contributed by atoms with Crippen LogP contribution in [-0.4, -0.2) is 30.5 Å². The summed E-state index contributed by atoms with van der Waals surface area (Å²) in [5, 5.41) is 3.11. The van der Waals surface area contributed by atoms with Crippen molar-refractivity contribution < 1.29 is 14.3 Å². The molecule has 2 aliphatic rings. The Kier molecular flexibility index (Phi) is 5.07. The minimum Gasteiger partial charge on any atom is -0.491 e. The maximum Gasteiger partial charge on any atom is 0.227 e. The first-order chi connectivity index (χ1) is 11.5. The molecule has 2 fully saturated rings. The average molecular weight is 330 g/mol. The molecule has 24 heavy (non-hydrogen) atoms. The van der Waals surface area contributed by atoms with E-state index in [4.69, 9.17) is 4.74 Å². The minimum atomic E-state index is -0.246. The summed E-state index contributed by atoms with van der Waals surface area (Å²) in [6.07, 6.45) is 4.91. The highest BCUT2D eigenvalue weighted by Gasteiger charge is 2.36. The molecule has 0 radical (unpaired) electrons. The Labute approximate surface area is 143 Å². The van der Waals surface area contributed by atoms with Crippen LogP contribution in [0.3, 0.4) is 0 Å². The summed E-state index contributed by atoms with van der Waals surface area (Å²) in [5.41, 5.74) is 0.826. The number of rotatable bonds is 5. The lowest BCUT2D eigenvalue weighted by Gasteiger charge is -2.19. The lowest BCUT2D eigenvalue weighted by Crippen LogP contribution is -2.38. The third-order valence-electron chi connectivity index (χ3n) is 4.72. The van der Waals surface area contributed by atoms with Gasteiger partial charge >= 0.3 is 0 Å². The third kappa shape index (κ3) is 3.89. The molecule has 1 aromatic rings. The predicted octanol–water partition coefficient (Wildman–Crippen LogP) is 2.89. The number of carbonyl (C=O) groups excluding carboxylic acids is 2. The van der Waals surface area contributed by atoms with Gasteiger partial charge in [0.25, 0.3) is 0 Å². The highest BCUT2D eigenvalue weighted by Crippen LogP contribution is 2.28. The zero-order valence-electron chi connectivity index (χ0n) is 14.5. The normalized spacial score (nSPS) is 21.5. The van der Waals surface area contributed by atoms with E-state index < -0.39 is 0 Å². The summed E-state index contributed by atoms with van der Waals surface area (Å²) in [4.78, 5) is 26.4. The summed E-state index contributed by atoms with van der Waals surface area (Å²) >= 11 is 0. The molecule has 130 valence electrons. The molecule has 0 spiro atoms. The first-order valence-electron chi connectivity index (χ1n) is 8.90. The van der Waals surface area contributed by atoms with E-state index in [1.54, 1.807) is 4.90 Å². The van der Waals surface area contributed by atoms with E-state index in [-0.39, 0.29) is 23.8 Å². The van der Waals surface area contributed by atoms with Crippen molar-refractivity contribution >= 4 is 17.5 Å². The Morgan fingerprint density at radius 1 is 1.21 bits per heavy atom. The van der Waals surface area contributed by atoms with Crippen LogP contribution in [-0.2, 0) is 9.59 Å². The Bertz CT molecular complexity index is 591. The molecule has 5 heteroatoms. The fourth-order valence-corrected chi connectivity index (χ4v) is 3.50. The van der Waals surface area contributed by atoms with E-state index in [1.807, 2.05) is 38.1 Å². The first-order valence-corrected chi connectivity index (χ1v) is 8.90. The lowest BCUT2D eigenvalue weighted by molar-refractivity contribution is -0.126. The number of nitrogens with zero attached hydrogens (tertiary/aromatic N) is 1. The van der Waals surface area contributed by atoms with Crippen molar-refractivity contribution in [2.45, 2.75) is 58.1 Å². The van der Waals surface area contributed by atoms with Gasteiger partial charge in [0.1, 0.15) is 5.75 Å². The quantitative estimate of drug-likeness (QED) is 0.903. The van der Waals surface area contributed by atoms with Crippen LogP contribution in [0.2, 0.25) is 0 Å². The second kappa shape index (κ2) is 7.24. The van der Waals surface area contributed by atoms with Crippen molar-refractivity contribution in [1.29, 1.82) is 0 Å². The van der Waals surface area contributed by atoms with E-state index in [0.717, 1.165) is 24.3 Å². The number of carbonyl (C=O) groups is 2. The molecule has 2 amide bonds. The van der Waals surface area contributed by atoms with Crippen molar-refractivity contribution in [1.82, 2.24) is 5.32 Å². The van der Waals surface area contributed by atoms with E-state index in [2.05, 4.69) is 5.32 Å². The summed E-state index contributed by atoms with van der Waals surface area (Å²) in [6, 6.07) is 7.80. The van der Waals surface area contributed by atoms with Crippen LogP contribution in [0.1, 0.15) is 46.0 Å². The molecule has 1 atom stereocenters.